The number of ether oxygens (including phenoxy) is 1. The molecule has 0 spiro atoms. The van der Waals surface area contributed by atoms with Gasteiger partial charge < -0.3 is 15.4 Å². The van der Waals surface area contributed by atoms with Gasteiger partial charge >= 0.3 is 0 Å². The van der Waals surface area contributed by atoms with Crippen molar-refractivity contribution in [3.63, 3.8) is 0 Å². The molecule has 2 aromatic carbocycles. The van der Waals surface area contributed by atoms with E-state index in [1.165, 1.54) is 6.07 Å². The van der Waals surface area contributed by atoms with Crippen LogP contribution in [0, 0.1) is 19.7 Å². The smallest absolute Gasteiger partial charge is 0.255 e. The van der Waals surface area contributed by atoms with E-state index in [1.807, 2.05) is 52.1 Å². The van der Waals surface area contributed by atoms with Crippen LogP contribution in [0.5, 0.6) is 0 Å². The van der Waals surface area contributed by atoms with Gasteiger partial charge in [0.1, 0.15) is 17.2 Å². The van der Waals surface area contributed by atoms with Gasteiger partial charge in [-0.25, -0.2) is 14.4 Å². The molecule has 4 aromatic rings. The summed E-state index contributed by atoms with van der Waals surface area (Å²) in [6.07, 6.45) is 3.57. The summed E-state index contributed by atoms with van der Waals surface area (Å²) in [7, 11) is 0. The Kier molecular flexibility index (Phi) is 7.85. The maximum absolute atomic E-state index is 15.1. The summed E-state index contributed by atoms with van der Waals surface area (Å²) in [5.41, 5.74) is 5.70. The molecule has 2 N–H and O–H groups in total. The first-order valence-corrected chi connectivity index (χ1v) is 13.3. The molecule has 1 saturated heterocycles. The molecule has 1 aliphatic heterocycles. The van der Waals surface area contributed by atoms with Gasteiger partial charge in [0.2, 0.25) is 5.65 Å². The van der Waals surface area contributed by atoms with Crippen LogP contribution in [0.25, 0.3) is 11.2 Å². The van der Waals surface area contributed by atoms with Gasteiger partial charge in [-0.05, 0) is 68.7 Å². The van der Waals surface area contributed by atoms with Gasteiger partial charge in [0.25, 0.3) is 5.91 Å². The van der Waals surface area contributed by atoms with Crippen molar-refractivity contribution in [1.29, 1.82) is 0 Å². The fourth-order valence-electron chi connectivity index (χ4n) is 4.85. The van der Waals surface area contributed by atoms with Crippen LogP contribution < -0.4 is 10.6 Å². The topological polar surface area (TPSA) is 97.2 Å². The Balaban J connectivity index is 1.29. The summed E-state index contributed by atoms with van der Waals surface area (Å²) in [5.74, 6) is -0.0996. The first-order chi connectivity index (χ1) is 18.8. The zero-order valence-electron chi connectivity index (χ0n) is 22.8. The number of anilines is 2. The molecule has 3 heterocycles. The van der Waals surface area contributed by atoms with Crippen LogP contribution in [-0.2, 0) is 17.8 Å². The van der Waals surface area contributed by atoms with Gasteiger partial charge in [0.15, 0.2) is 0 Å². The highest BCUT2D eigenvalue weighted by Crippen LogP contribution is 2.26. The van der Waals surface area contributed by atoms with E-state index in [0.717, 1.165) is 41.8 Å². The fourth-order valence-corrected chi connectivity index (χ4v) is 4.85. The van der Waals surface area contributed by atoms with E-state index in [9.17, 15) is 4.79 Å². The Morgan fingerprint density at radius 2 is 1.95 bits per heavy atom. The van der Waals surface area contributed by atoms with E-state index in [2.05, 4.69) is 30.6 Å². The van der Waals surface area contributed by atoms with Gasteiger partial charge in [-0.15, -0.1) is 0 Å². The second-order valence-corrected chi connectivity index (χ2v) is 9.98. The number of hydrogen-bond acceptors (Lipinski definition) is 7. The number of amides is 1. The number of rotatable bonds is 8. The van der Waals surface area contributed by atoms with Crippen LogP contribution in [0.3, 0.4) is 0 Å². The molecule has 1 fully saturated rings. The number of hydrogen-bond donors (Lipinski definition) is 2. The SMILES string of the molecule is CCn1cc2ncc(N[C@@H](C)c3cc(NC(=O)c4cc(C)c(CN5CCOCC5)c(F)c4)ccc3C)nc2n1. The van der Waals surface area contributed by atoms with Gasteiger partial charge in [-0.1, -0.05) is 6.07 Å². The lowest BCUT2D eigenvalue weighted by molar-refractivity contribution is 0.0336. The number of carbonyl (C=O) groups excluding carboxylic acids is 1. The largest absolute Gasteiger partial charge is 0.379 e. The lowest BCUT2D eigenvalue weighted by Gasteiger charge is -2.27. The number of nitrogens with zero attached hydrogens (tertiary/aromatic N) is 5. The van der Waals surface area contributed by atoms with Crippen LogP contribution >= 0.6 is 0 Å². The first kappa shape index (κ1) is 26.7. The standard InChI is InChI=1S/C29H34FN7O2/c1-5-37-17-26-28(35-37)34-27(15-31-26)32-20(4)23-14-22(7-6-18(23)2)33-29(38)21-12-19(3)24(25(30)13-21)16-36-8-10-39-11-9-36/h6-7,12-15,17,20H,5,8-11,16H2,1-4H3,(H,33,38)(H,32,34,35)/t20-/m0/s1. The Morgan fingerprint density at radius 3 is 2.69 bits per heavy atom. The summed E-state index contributed by atoms with van der Waals surface area (Å²) in [6.45, 7) is 12.0. The summed E-state index contributed by atoms with van der Waals surface area (Å²) >= 11 is 0. The Labute approximate surface area is 227 Å². The molecule has 39 heavy (non-hydrogen) atoms. The van der Waals surface area contributed by atoms with E-state index in [0.29, 0.717) is 48.0 Å². The van der Waals surface area contributed by atoms with E-state index < -0.39 is 0 Å². The first-order valence-electron chi connectivity index (χ1n) is 13.3. The lowest BCUT2D eigenvalue weighted by Crippen LogP contribution is -2.36. The Hall–Kier alpha value is -3.89. The Bertz CT molecular complexity index is 1470. The third-order valence-corrected chi connectivity index (χ3v) is 7.13. The van der Waals surface area contributed by atoms with Crippen LogP contribution in [0.4, 0.5) is 15.9 Å². The van der Waals surface area contributed by atoms with Crippen molar-refractivity contribution < 1.29 is 13.9 Å². The second kappa shape index (κ2) is 11.5. The zero-order chi connectivity index (χ0) is 27.5. The molecule has 9 nitrogen and oxygen atoms in total. The van der Waals surface area contributed by atoms with Crippen molar-refractivity contribution in [1.82, 2.24) is 24.6 Å². The number of aryl methyl sites for hydroxylation is 3. The number of aromatic nitrogens is 4. The molecule has 0 radical (unpaired) electrons. The highest BCUT2D eigenvalue weighted by Gasteiger charge is 2.18. The minimum Gasteiger partial charge on any atom is -0.379 e. The number of benzene rings is 2. The average molecular weight is 532 g/mol. The molecular weight excluding hydrogens is 497 g/mol. The minimum absolute atomic E-state index is 0.110. The number of carbonyl (C=O) groups is 1. The molecule has 0 aliphatic carbocycles. The van der Waals surface area contributed by atoms with Crippen molar-refractivity contribution >= 4 is 28.6 Å². The van der Waals surface area contributed by atoms with E-state index in [-0.39, 0.29) is 17.8 Å². The third kappa shape index (κ3) is 6.07. The molecule has 1 aliphatic rings. The van der Waals surface area contributed by atoms with Crippen LogP contribution in [0.1, 0.15) is 52.5 Å². The van der Waals surface area contributed by atoms with E-state index >= 15 is 4.39 Å². The minimum atomic E-state index is -0.365. The molecule has 5 rings (SSSR count). The number of nitrogens with one attached hydrogen (secondary N) is 2. The molecule has 0 bridgehead atoms. The number of halogens is 1. The van der Waals surface area contributed by atoms with Crippen molar-refractivity contribution in [3.05, 3.63) is 76.4 Å². The molecule has 1 atom stereocenters. The number of morpholine rings is 1. The molecule has 0 unspecified atom stereocenters. The van der Waals surface area contributed by atoms with Crippen molar-refractivity contribution in [2.24, 2.45) is 0 Å². The van der Waals surface area contributed by atoms with Crippen molar-refractivity contribution in [2.45, 2.75) is 46.8 Å². The average Bonchev–Trinajstić information content (AvgIpc) is 3.35. The molecule has 1 amide bonds. The lowest BCUT2D eigenvalue weighted by atomic mass is 10.0. The predicted octanol–water partition coefficient (Wildman–Crippen LogP) is 4.86. The van der Waals surface area contributed by atoms with E-state index in [1.54, 1.807) is 16.9 Å². The summed E-state index contributed by atoms with van der Waals surface area (Å²) in [4.78, 5) is 24.3. The number of fused-ring (bicyclic) bond motifs is 1. The molecule has 204 valence electrons. The zero-order valence-corrected chi connectivity index (χ0v) is 22.8. The summed E-state index contributed by atoms with van der Waals surface area (Å²) in [5, 5.41) is 10.8. The van der Waals surface area contributed by atoms with Crippen molar-refractivity contribution in [2.75, 3.05) is 36.9 Å². The molecule has 0 saturated carbocycles. The second-order valence-electron chi connectivity index (χ2n) is 9.98. The monoisotopic (exact) mass is 531 g/mol. The summed E-state index contributed by atoms with van der Waals surface area (Å²) < 4.78 is 22.2. The summed E-state index contributed by atoms with van der Waals surface area (Å²) in [6, 6.07) is 8.70. The van der Waals surface area contributed by atoms with Crippen LogP contribution in [0.15, 0.2) is 42.7 Å². The molecule has 2 aromatic heterocycles. The van der Waals surface area contributed by atoms with E-state index in [4.69, 9.17) is 4.74 Å². The maximum atomic E-state index is 15.1. The molecular formula is C29H34FN7O2. The fraction of sp³-hybridized carbons (Fsp3) is 0.379. The normalized spacial score (nSPS) is 14.9. The van der Waals surface area contributed by atoms with Crippen molar-refractivity contribution in [3.8, 4) is 0 Å². The van der Waals surface area contributed by atoms with Gasteiger partial charge in [0.05, 0.1) is 31.6 Å². The van der Waals surface area contributed by atoms with Gasteiger partial charge in [-0.3, -0.25) is 14.4 Å². The van der Waals surface area contributed by atoms with Crippen LogP contribution in [0.2, 0.25) is 0 Å². The highest BCUT2D eigenvalue weighted by molar-refractivity contribution is 6.04. The third-order valence-electron chi connectivity index (χ3n) is 7.13. The Morgan fingerprint density at radius 1 is 1.15 bits per heavy atom. The van der Waals surface area contributed by atoms with Crippen LogP contribution in [-0.4, -0.2) is 56.9 Å². The van der Waals surface area contributed by atoms with Gasteiger partial charge in [0, 0.05) is 43.0 Å². The quantitative estimate of drug-likeness (QED) is 0.335. The van der Waals surface area contributed by atoms with Gasteiger partial charge in [-0.2, -0.15) is 5.10 Å². The molecule has 10 heteroatoms. The predicted molar refractivity (Wildman–Crippen MR) is 149 cm³/mol. The maximum Gasteiger partial charge on any atom is 0.255 e. The highest BCUT2D eigenvalue weighted by atomic mass is 19.1.